The number of hydrogen-bond donors (Lipinski definition) is 2. The van der Waals surface area contributed by atoms with Gasteiger partial charge in [-0.3, -0.25) is 14.5 Å². The Labute approximate surface area is 95.8 Å². The lowest BCUT2D eigenvalue weighted by molar-refractivity contribution is -0.138. The van der Waals surface area contributed by atoms with Crippen LogP contribution in [0, 0.1) is 0 Å². The van der Waals surface area contributed by atoms with Gasteiger partial charge in [-0.1, -0.05) is 0 Å². The van der Waals surface area contributed by atoms with E-state index in [-0.39, 0.29) is 30.5 Å². The van der Waals surface area contributed by atoms with E-state index in [1.807, 2.05) is 20.8 Å². The number of carboxylic acids is 1. The maximum Gasteiger partial charge on any atom is 0.303 e. The van der Waals surface area contributed by atoms with Crippen LogP contribution in [-0.4, -0.2) is 46.6 Å². The first-order chi connectivity index (χ1) is 7.41. The Balaban J connectivity index is 2.67. The summed E-state index contributed by atoms with van der Waals surface area (Å²) in [4.78, 5) is 24.4. The second-order valence-corrected chi connectivity index (χ2v) is 4.65. The number of piperazine rings is 1. The van der Waals surface area contributed by atoms with E-state index in [9.17, 15) is 9.59 Å². The highest BCUT2D eigenvalue weighted by Crippen LogP contribution is 2.16. The molecule has 16 heavy (non-hydrogen) atoms. The zero-order valence-corrected chi connectivity index (χ0v) is 10.1. The first-order valence-corrected chi connectivity index (χ1v) is 5.69. The second kappa shape index (κ2) is 5.30. The lowest BCUT2D eigenvalue weighted by Crippen LogP contribution is -2.60. The number of nitrogens with one attached hydrogen (secondary N) is 1. The highest BCUT2D eigenvalue weighted by Gasteiger charge is 2.34. The molecule has 2 atom stereocenters. The molecule has 92 valence electrons. The van der Waals surface area contributed by atoms with Gasteiger partial charge < -0.3 is 10.4 Å². The fourth-order valence-corrected chi connectivity index (χ4v) is 2.11. The Morgan fingerprint density at radius 2 is 2.25 bits per heavy atom. The number of carbonyl (C=O) groups excluding carboxylic acids is 1. The third-order valence-electron chi connectivity index (χ3n) is 2.87. The van der Waals surface area contributed by atoms with Crippen molar-refractivity contribution in [3.8, 4) is 0 Å². The molecule has 0 radical (unpaired) electrons. The molecule has 0 aromatic carbocycles. The Kier molecular flexibility index (Phi) is 4.29. The summed E-state index contributed by atoms with van der Waals surface area (Å²) in [7, 11) is 0. The fraction of sp³-hybridized carbons (Fsp3) is 0.818. The van der Waals surface area contributed by atoms with E-state index in [2.05, 4.69) is 10.2 Å². The number of rotatable bonds is 4. The number of hydrogen-bond acceptors (Lipinski definition) is 3. The molecule has 1 aliphatic rings. The molecule has 0 spiro atoms. The summed E-state index contributed by atoms with van der Waals surface area (Å²) >= 11 is 0. The Bertz CT molecular complexity index is 278. The van der Waals surface area contributed by atoms with Crippen LogP contribution in [-0.2, 0) is 9.59 Å². The molecule has 1 saturated heterocycles. The van der Waals surface area contributed by atoms with Crippen molar-refractivity contribution in [3.05, 3.63) is 0 Å². The van der Waals surface area contributed by atoms with Crippen LogP contribution in [0.1, 0.15) is 33.6 Å². The van der Waals surface area contributed by atoms with Crippen LogP contribution in [0.5, 0.6) is 0 Å². The third-order valence-corrected chi connectivity index (χ3v) is 2.87. The van der Waals surface area contributed by atoms with E-state index in [0.29, 0.717) is 6.42 Å². The third kappa shape index (κ3) is 3.20. The number of aliphatic carboxylic acids is 1. The van der Waals surface area contributed by atoms with Crippen LogP contribution >= 0.6 is 0 Å². The van der Waals surface area contributed by atoms with Crippen LogP contribution in [0.15, 0.2) is 0 Å². The largest absolute Gasteiger partial charge is 0.481 e. The van der Waals surface area contributed by atoms with Crippen LogP contribution in [0.3, 0.4) is 0 Å². The Hall–Kier alpha value is -1.10. The van der Waals surface area contributed by atoms with Gasteiger partial charge in [-0.05, 0) is 27.2 Å². The minimum absolute atomic E-state index is 0.0374. The summed E-state index contributed by atoms with van der Waals surface area (Å²) in [5.41, 5.74) is 0. The highest BCUT2D eigenvalue weighted by molar-refractivity contribution is 5.83. The summed E-state index contributed by atoms with van der Waals surface area (Å²) in [5.74, 6) is -0.899. The Morgan fingerprint density at radius 1 is 1.62 bits per heavy atom. The molecule has 1 aliphatic heterocycles. The SMILES string of the molecule is CC1CN(C(C)C)C(CCC(=O)O)C(=O)N1. The van der Waals surface area contributed by atoms with Crippen LogP contribution in [0.4, 0.5) is 0 Å². The molecule has 0 saturated carbocycles. The van der Waals surface area contributed by atoms with Crippen molar-refractivity contribution >= 4 is 11.9 Å². The van der Waals surface area contributed by atoms with Crippen molar-refractivity contribution in [1.82, 2.24) is 10.2 Å². The molecule has 1 rings (SSSR count). The van der Waals surface area contributed by atoms with Crippen molar-refractivity contribution in [2.24, 2.45) is 0 Å². The Morgan fingerprint density at radius 3 is 2.75 bits per heavy atom. The van der Waals surface area contributed by atoms with Crippen molar-refractivity contribution < 1.29 is 14.7 Å². The maximum atomic E-state index is 11.8. The monoisotopic (exact) mass is 228 g/mol. The maximum absolute atomic E-state index is 11.8. The summed E-state index contributed by atoms with van der Waals surface area (Å²) < 4.78 is 0. The quantitative estimate of drug-likeness (QED) is 0.733. The normalized spacial score (nSPS) is 26.9. The summed E-state index contributed by atoms with van der Waals surface area (Å²) in [5, 5.41) is 11.5. The molecular weight excluding hydrogens is 208 g/mol. The molecule has 0 aliphatic carbocycles. The van der Waals surface area contributed by atoms with Crippen molar-refractivity contribution in [3.63, 3.8) is 0 Å². The number of nitrogens with zero attached hydrogens (tertiary/aromatic N) is 1. The van der Waals surface area contributed by atoms with Gasteiger partial charge in [-0.25, -0.2) is 0 Å². The van der Waals surface area contributed by atoms with Gasteiger partial charge >= 0.3 is 5.97 Å². The van der Waals surface area contributed by atoms with E-state index in [1.54, 1.807) is 0 Å². The lowest BCUT2D eigenvalue weighted by Gasteiger charge is -2.40. The first kappa shape index (κ1) is 13.0. The van der Waals surface area contributed by atoms with Crippen LogP contribution < -0.4 is 5.32 Å². The molecular formula is C11H20N2O3. The second-order valence-electron chi connectivity index (χ2n) is 4.65. The zero-order valence-electron chi connectivity index (χ0n) is 10.1. The smallest absolute Gasteiger partial charge is 0.303 e. The zero-order chi connectivity index (χ0) is 12.3. The molecule has 1 amide bonds. The standard InChI is InChI=1S/C11H20N2O3/c1-7(2)13-6-8(3)12-11(16)9(13)4-5-10(14)15/h7-9H,4-6H2,1-3H3,(H,12,16)(H,14,15). The predicted molar refractivity (Wildman–Crippen MR) is 60.1 cm³/mol. The van der Waals surface area contributed by atoms with Crippen molar-refractivity contribution in [2.75, 3.05) is 6.54 Å². The van der Waals surface area contributed by atoms with E-state index in [4.69, 9.17) is 5.11 Å². The number of carboxylic acid groups (broad SMARTS) is 1. The van der Waals surface area contributed by atoms with E-state index < -0.39 is 5.97 Å². The first-order valence-electron chi connectivity index (χ1n) is 5.69. The van der Waals surface area contributed by atoms with Gasteiger partial charge in [0.2, 0.25) is 5.91 Å². The molecule has 0 bridgehead atoms. The molecule has 5 heteroatoms. The minimum Gasteiger partial charge on any atom is -0.481 e. The topological polar surface area (TPSA) is 69.6 Å². The molecule has 2 N–H and O–H groups in total. The predicted octanol–water partition coefficient (Wildman–Crippen LogP) is 0.449. The van der Waals surface area contributed by atoms with Gasteiger partial charge in [0, 0.05) is 25.0 Å². The van der Waals surface area contributed by atoms with Gasteiger partial charge in [-0.2, -0.15) is 0 Å². The average Bonchev–Trinajstić information content (AvgIpc) is 2.14. The van der Waals surface area contributed by atoms with E-state index >= 15 is 0 Å². The van der Waals surface area contributed by atoms with E-state index in [0.717, 1.165) is 6.54 Å². The van der Waals surface area contributed by atoms with Gasteiger partial charge in [0.25, 0.3) is 0 Å². The summed E-state index contributed by atoms with van der Waals surface area (Å²) in [6.07, 6.45) is 0.418. The lowest BCUT2D eigenvalue weighted by atomic mass is 10.0. The molecule has 1 heterocycles. The highest BCUT2D eigenvalue weighted by atomic mass is 16.4. The van der Waals surface area contributed by atoms with Crippen molar-refractivity contribution in [2.45, 2.75) is 51.7 Å². The average molecular weight is 228 g/mol. The number of amides is 1. The van der Waals surface area contributed by atoms with Crippen LogP contribution in [0.2, 0.25) is 0 Å². The van der Waals surface area contributed by atoms with Gasteiger partial charge in [-0.15, -0.1) is 0 Å². The summed E-state index contributed by atoms with van der Waals surface area (Å²) in [6, 6.07) is 0.0931. The minimum atomic E-state index is -0.852. The van der Waals surface area contributed by atoms with Gasteiger partial charge in [0.1, 0.15) is 0 Å². The summed E-state index contributed by atoms with van der Waals surface area (Å²) in [6.45, 7) is 6.80. The molecule has 1 fully saturated rings. The van der Waals surface area contributed by atoms with Crippen molar-refractivity contribution in [1.29, 1.82) is 0 Å². The van der Waals surface area contributed by atoms with E-state index in [1.165, 1.54) is 0 Å². The van der Waals surface area contributed by atoms with Gasteiger partial charge in [0.05, 0.1) is 6.04 Å². The molecule has 0 aromatic rings. The molecule has 2 unspecified atom stereocenters. The fourth-order valence-electron chi connectivity index (χ4n) is 2.11. The van der Waals surface area contributed by atoms with Gasteiger partial charge in [0.15, 0.2) is 0 Å². The molecule has 5 nitrogen and oxygen atoms in total. The number of carbonyl (C=O) groups is 2. The van der Waals surface area contributed by atoms with Crippen LogP contribution in [0.25, 0.3) is 0 Å². The molecule has 0 aromatic heterocycles.